The number of carboxylic acid groups (broad SMARTS) is 1. The number of carboxylic acids is 1. The smallest absolute Gasteiger partial charge is 0.303 e. The molecule has 0 saturated heterocycles. The Labute approximate surface area is 240 Å². The molecule has 8 heteroatoms. The minimum Gasteiger partial charge on any atom is -0.481 e. The molecule has 0 amide bonds. The molecule has 1 aliphatic carbocycles. The molecular weight excluding hydrogens is 530 g/mol. The Balaban J connectivity index is 1.25. The van der Waals surface area contributed by atoms with Gasteiger partial charge in [0.25, 0.3) is 0 Å². The lowest BCUT2D eigenvalue weighted by atomic mass is 9.88. The van der Waals surface area contributed by atoms with Gasteiger partial charge in [-0.3, -0.25) is 9.78 Å². The second-order valence-corrected chi connectivity index (χ2v) is 12.8. The van der Waals surface area contributed by atoms with Crippen LogP contribution in [0.25, 0.3) is 11.3 Å². The average Bonchev–Trinajstić information content (AvgIpc) is 3.28. The van der Waals surface area contributed by atoms with Crippen LogP contribution < -0.4 is 5.32 Å². The SMILES string of the molecule is CN(C[C@H](O)CNC(C)(C)CC1Cc2ccccc2C1)Sc1ccc(-c2cccc(CCC(=O)O)n2)c(Cl)c1. The van der Waals surface area contributed by atoms with Crippen molar-refractivity contribution < 1.29 is 15.0 Å². The number of aliphatic hydroxyl groups is 1. The first-order chi connectivity index (χ1) is 18.6. The summed E-state index contributed by atoms with van der Waals surface area (Å²) in [5.41, 5.74) is 5.15. The molecular formula is C31H38ClN3O3S. The summed E-state index contributed by atoms with van der Waals surface area (Å²) >= 11 is 8.14. The fourth-order valence-corrected chi connectivity index (χ4v) is 6.57. The monoisotopic (exact) mass is 567 g/mol. The average molecular weight is 568 g/mol. The Hall–Kier alpha value is -2.42. The quantitative estimate of drug-likeness (QED) is 0.222. The number of pyridine rings is 1. The first-order valence-corrected chi connectivity index (χ1v) is 14.6. The molecule has 3 N–H and O–H groups in total. The number of fused-ring (bicyclic) bond motifs is 1. The summed E-state index contributed by atoms with van der Waals surface area (Å²) in [5, 5.41) is 23.8. The van der Waals surface area contributed by atoms with Crippen LogP contribution in [0.1, 0.15) is 43.5 Å². The van der Waals surface area contributed by atoms with Crippen LogP contribution in [0, 0.1) is 5.92 Å². The molecule has 6 nitrogen and oxygen atoms in total. The fourth-order valence-electron chi connectivity index (χ4n) is 5.32. The molecule has 1 aromatic heterocycles. The van der Waals surface area contributed by atoms with E-state index in [-0.39, 0.29) is 12.0 Å². The number of nitrogens with zero attached hydrogens (tertiary/aromatic N) is 2. The first-order valence-electron chi connectivity index (χ1n) is 13.4. The van der Waals surface area contributed by atoms with Gasteiger partial charge < -0.3 is 15.5 Å². The molecule has 4 rings (SSSR count). The van der Waals surface area contributed by atoms with E-state index in [0.29, 0.717) is 30.5 Å². The predicted molar refractivity (Wildman–Crippen MR) is 159 cm³/mol. The van der Waals surface area contributed by atoms with Gasteiger partial charge in [-0.1, -0.05) is 48.0 Å². The third-order valence-corrected chi connectivity index (χ3v) is 8.34. The van der Waals surface area contributed by atoms with E-state index < -0.39 is 12.1 Å². The van der Waals surface area contributed by atoms with Gasteiger partial charge in [-0.2, -0.15) is 0 Å². The van der Waals surface area contributed by atoms with E-state index in [4.69, 9.17) is 16.7 Å². The zero-order valence-corrected chi connectivity index (χ0v) is 24.4. The highest BCUT2D eigenvalue weighted by molar-refractivity contribution is 7.97. The largest absolute Gasteiger partial charge is 0.481 e. The maximum atomic E-state index is 10.9. The highest BCUT2D eigenvalue weighted by atomic mass is 35.5. The minimum atomic E-state index is -0.842. The van der Waals surface area contributed by atoms with Gasteiger partial charge in [0.15, 0.2) is 0 Å². The van der Waals surface area contributed by atoms with Crippen LogP contribution in [0.2, 0.25) is 5.02 Å². The highest BCUT2D eigenvalue weighted by Gasteiger charge is 2.28. The van der Waals surface area contributed by atoms with Crippen molar-refractivity contribution in [2.75, 3.05) is 20.1 Å². The molecule has 0 aliphatic heterocycles. The van der Waals surface area contributed by atoms with Crippen LogP contribution in [0.5, 0.6) is 0 Å². The van der Waals surface area contributed by atoms with E-state index in [9.17, 15) is 9.90 Å². The Morgan fingerprint density at radius 3 is 2.54 bits per heavy atom. The van der Waals surface area contributed by atoms with Crippen molar-refractivity contribution in [3.63, 3.8) is 0 Å². The normalized spacial score (nSPS) is 14.5. The van der Waals surface area contributed by atoms with Crippen molar-refractivity contribution in [2.24, 2.45) is 5.92 Å². The molecule has 0 bridgehead atoms. The lowest BCUT2D eigenvalue weighted by molar-refractivity contribution is -0.136. The number of halogens is 1. The molecule has 0 fully saturated rings. The number of nitrogens with one attached hydrogen (secondary N) is 1. The Bertz CT molecular complexity index is 1260. The molecule has 1 atom stereocenters. The van der Waals surface area contributed by atoms with Gasteiger partial charge in [-0.15, -0.1) is 0 Å². The topological polar surface area (TPSA) is 85.7 Å². The number of hydrogen-bond acceptors (Lipinski definition) is 6. The molecule has 0 unspecified atom stereocenters. The van der Waals surface area contributed by atoms with Gasteiger partial charge in [-0.25, -0.2) is 4.31 Å². The van der Waals surface area contributed by atoms with E-state index in [0.717, 1.165) is 41.1 Å². The molecule has 3 aromatic rings. The maximum absolute atomic E-state index is 10.9. The van der Waals surface area contributed by atoms with E-state index >= 15 is 0 Å². The standard InChI is InChI=1S/C31H38ClN3O3S/c1-31(2,18-21-15-22-7-4-5-8-23(22)16-21)33-19-25(36)20-35(3)39-26-12-13-27(28(32)17-26)29-10-6-9-24(34-29)11-14-30(37)38/h4-10,12-13,17,21,25,33,36H,11,14-16,18-20H2,1-3H3,(H,37,38)/t25-/m1/s1. The van der Waals surface area contributed by atoms with Crippen LogP contribution in [-0.4, -0.2) is 57.3 Å². The van der Waals surface area contributed by atoms with E-state index in [1.54, 1.807) is 0 Å². The van der Waals surface area contributed by atoms with Gasteiger partial charge in [0.1, 0.15) is 0 Å². The van der Waals surface area contributed by atoms with Gasteiger partial charge in [0, 0.05) is 41.2 Å². The van der Waals surface area contributed by atoms with E-state index in [1.807, 2.05) is 47.8 Å². The second kappa shape index (κ2) is 13.3. The highest BCUT2D eigenvalue weighted by Crippen LogP contribution is 2.33. The van der Waals surface area contributed by atoms with Crippen molar-refractivity contribution in [2.45, 2.75) is 62.5 Å². The zero-order chi connectivity index (χ0) is 28.0. The van der Waals surface area contributed by atoms with Crippen molar-refractivity contribution in [3.8, 4) is 11.3 Å². The third-order valence-electron chi connectivity index (χ3n) is 7.10. The number of benzene rings is 2. The number of β-amino-alcohol motifs (C(OH)–C–C–N with tert-alkyl or cyclic N) is 1. The molecule has 208 valence electrons. The van der Waals surface area contributed by atoms with Gasteiger partial charge in [-0.05, 0) is 93.4 Å². The Kier molecular flexibility index (Phi) is 10.1. The lowest BCUT2D eigenvalue weighted by Gasteiger charge is -2.31. The van der Waals surface area contributed by atoms with Gasteiger partial charge in [0.2, 0.25) is 0 Å². The van der Waals surface area contributed by atoms with Crippen LogP contribution in [-0.2, 0) is 24.1 Å². The summed E-state index contributed by atoms with van der Waals surface area (Å²) in [6, 6.07) is 20.1. The van der Waals surface area contributed by atoms with Crippen molar-refractivity contribution in [3.05, 3.63) is 82.5 Å². The Morgan fingerprint density at radius 1 is 1.15 bits per heavy atom. The van der Waals surface area contributed by atoms with Crippen LogP contribution in [0.15, 0.2) is 65.6 Å². The number of aliphatic hydroxyl groups excluding tert-OH is 1. The van der Waals surface area contributed by atoms with Gasteiger partial charge in [0.05, 0.1) is 23.2 Å². The summed E-state index contributed by atoms with van der Waals surface area (Å²) in [6.45, 7) is 5.49. The van der Waals surface area contributed by atoms with Crippen LogP contribution in [0.4, 0.5) is 0 Å². The van der Waals surface area contributed by atoms with Crippen molar-refractivity contribution >= 4 is 29.5 Å². The lowest BCUT2D eigenvalue weighted by Crippen LogP contribution is -2.46. The maximum Gasteiger partial charge on any atom is 0.303 e. The summed E-state index contributed by atoms with van der Waals surface area (Å²) < 4.78 is 2.02. The van der Waals surface area contributed by atoms with Gasteiger partial charge >= 0.3 is 5.97 Å². The van der Waals surface area contributed by atoms with Crippen LogP contribution in [0.3, 0.4) is 0 Å². The number of aryl methyl sites for hydroxylation is 1. The van der Waals surface area contributed by atoms with Crippen molar-refractivity contribution in [1.29, 1.82) is 0 Å². The molecule has 0 spiro atoms. The minimum absolute atomic E-state index is 0.0419. The predicted octanol–water partition coefficient (Wildman–Crippen LogP) is 5.89. The number of carbonyl (C=O) groups is 1. The number of rotatable bonds is 13. The fraction of sp³-hybridized carbons (Fsp3) is 0.419. The number of hydrogen-bond donors (Lipinski definition) is 3. The Morgan fingerprint density at radius 2 is 1.87 bits per heavy atom. The van der Waals surface area contributed by atoms with Crippen LogP contribution >= 0.6 is 23.5 Å². The zero-order valence-electron chi connectivity index (χ0n) is 22.9. The van der Waals surface area contributed by atoms with Crippen molar-refractivity contribution in [1.82, 2.24) is 14.6 Å². The molecule has 39 heavy (non-hydrogen) atoms. The molecule has 1 aliphatic rings. The summed E-state index contributed by atoms with van der Waals surface area (Å²) in [6.07, 6.45) is 3.26. The summed E-state index contributed by atoms with van der Waals surface area (Å²) in [4.78, 5) is 16.4. The van der Waals surface area contributed by atoms with E-state index in [2.05, 4.69) is 48.4 Å². The number of likely N-dealkylation sites (N-methyl/N-ethyl adjacent to an activating group) is 1. The third kappa shape index (κ3) is 8.78. The second-order valence-electron chi connectivity index (χ2n) is 11.1. The molecule has 2 aromatic carbocycles. The van der Waals surface area contributed by atoms with E-state index in [1.165, 1.54) is 23.1 Å². The summed E-state index contributed by atoms with van der Waals surface area (Å²) in [5.74, 6) is -0.207. The summed E-state index contributed by atoms with van der Waals surface area (Å²) in [7, 11) is 1.96. The number of aromatic nitrogens is 1. The molecule has 1 heterocycles. The molecule has 0 saturated carbocycles. The molecule has 0 radical (unpaired) electrons. The first kappa shape index (κ1) is 29.6. The number of aliphatic carboxylic acids is 1.